The minimum atomic E-state index is -0.275. The third kappa shape index (κ3) is 3.88. The molecule has 0 saturated carbocycles. The van der Waals surface area contributed by atoms with Crippen LogP contribution in [-0.4, -0.2) is 15.9 Å². The summed E-state index contributed by atoms with van der Waals surface area (Å²) >= 11 is 0. The number of para-hydroxylation sites is 2. The van der Waals surface area contributed by atoms with E-state index in [0.29, 0.717) is 5.82 Å². The molecule has 5 heteroatoms. The van der Waals surface area contributed by atoms with Crippen LogP contribution in [0.25, 0.3) is 0 Å². The molecule has 1 amide bonds. The Balaban J connectivity index is 1.75. The van der Waals surface area contributed by atoms with Crippen LogP contribution >= 0.6 is 0 Å². The lowest BCUT2D eigenvalue weighted by Gasteiger charge is -2.13. The summed E-state index contributed by atoms with van der Waals surface area (Å²) in [6, 6.07) is 13.8. The highest BCUT2D eigenvalue weighted by atomic mass is 16.1. The molecule has 0 spiro atoms. The summed E-state index contributed by atoms with van der Waals surface area (Å²) in [5, 5.41) is 6.17. The zero-order valence-corrected chi connectivity index (χ0v) is 15.2. The molecule has 0 radical (unpaired) electrons. The molecule has 1 heterocycles. The Hall–Kier alpha value is -3.21. The second-order valence-electron chi connectivity index (χ2n) is 6.14. The monoisotopic (exact) mass is 346 g/mol. The maximum absolute atomic E-state index is 12.4. The quantitative estimate of drug-likeness (QED) is 0.705. The number of nitrogens with one attached hydrogen (secondary N) is 2. The molecule has 0 fully saturated rings. The van der Waals surface area contributed by atoms with E-state index in [4.69, 9.17) is 0 Å². The van der Waals surface area contributed by atoms with Crippen molar-refractivity contribution in [1.29, 1.82) is 0 Å². The standard InChI is InChI=1S/C21H22N4O/c1-4-16-10-7-9-15(3)20(16)25-19-13-22-18(12-23-19)21(26)24-17-11-6-5-8-14(17)2/h5-13H,4H2,1-3H3,(H,23,25)(H,24,26). The van der Waals surface area contributed by atoms with E-state index in [2.05, 4.69) is 46.6 Å². The molecule has 0 bridgehead atoms. The van der Waals surface area contributed by atoms with Crippen LogP contribution in [0.15, 0.2) is 54.9 Å². The van der Waals surface area contributed by atoms with Crippen molar-refractivity contribution in [3.8, 4) is 0 Å². The molecule has 26 heavy (non-hydrogen) atoms. The van der Waals surface area contributed by atoms with Gasteiger partial charge in [-0.2, -0.15) is 0 Å². The van der Waals surface area contributed by atoms with Crippen molar-refractivity contribution >= 4 is 23.1 Å². The van der Waals surface area contributed by atoms with Gasteiger partial charge in [-0.05, 0) is 43.0 Å². The van der Waals surface area contributed by atoms with Crippen molar-refractivity contribution in [2.24, 2.45) is 0 Å². The Morgan fingerprint density at radius 2 is 1.73 bits per heavy atom. The van der Waals surface area contributed by atoms with Gasteiger partial charge in [0, 0.05) is 11.4 Å². The minimum Gasteiger partial charge on any atom is -0.339 e. The molecule has 3 aromatic rings. The summed E-state index contributed by atoms with van der Waals surface area (Å²) < 4.78 is 0. The SMILES string of the molecule is CCc1cccc(C)c1Nc1cnc(C(=O)Nc2ccccc2C)cn1. The predicted octanol–water partition coefficient (Wildman–Crippen LogP) is 4.65. The molecule has 3 rings (SSSR count). The normalized spacial score (nSPS) is 10.4. The zero-order valence-electron chi connectivity index (χ0n) is 15.2. The Bertz CT molecular complexity index is 920. The van der Waals surface area contributed by atoms with Gasteiger partial charge in [0.15, 0.2) is 0 Å². The van der Waals surface area contributed by atoms with Crippen molar-refractivity contribution < 1.29 is 4.79 Å². The van der Waals surface area contributed by atoms with Crippen LogP contribution in [-0.2, 0) is 6.42 Å². The molecule has 2 N–H and O–H groups in total. The summed E-state index contributed by atoms with van der Waals surface area (Å²) in [5.41, 5.74) is 5.45. The third-order valence-corrected chi connectivity index (χ3v) is 4.27. The van der Waals surface area contributed by atoms with Crippen LogP contribution in [0, 0.1) is 13.8 Å². The second-order valence-corrected chi connectivity index (χ2v) is 6.14. The molecular formula is C21H22N4O. The number of carbonyl (C=O) groups is 1. The average Bonchev–Trinajstić information content (AvgIpc) is 2.65. The lowest BCUT2D eigenvalue weighted by Crippen LogP contribution is -2.15. The van der Waals surface area contributed by atoms with E-state index in [1.807, 2.05) is 37.3 Å². The molecule has 5 nitrogen and oxygen atoms in total. The fraction of sp³-hybridized carbons (Fsp3) is 0.190. The van der Waals surface area contributed by atoms with Crippen LogP contribution in [0.1, 0.15) is 34.1 Å². The number of carbonyl (C=O) groups excluding carboxylic acids is 1. The fourth-order valence-electron chi connectivity index (χ4n) is 2.74. The van der Waals surface area contributed by atoms with Gasteiger partial charge in [0.25, 0.3) is 5.91 Å². The molecule has 0 aliphatic rings. The average molecular weight is 346 g/mol. The lowest BCUT2D eigenvalue weighted by atomic mass is 10.1. The number of hydrogen-bond donors (Lipinski definition) is 2. The van der Waals surface area contributed by atoms with Crippen LogP contribution in [0.2, 0.25) is 0 Å². The Morgan fingerprint density at radius 1 is 0.962 bits per heavy atom. The molecule has 0 aliphatic heterocycles. The smallest absolute Gasteiger partial charge is 0.275 e. The number of rotatable bonds is 5. The molecule has 0 aliphatic carbocycles. The highest BCUT2D eigenvalue weighted by molar-refractivity contribution is 6.03. The fourth-order valence-corrected chi connectivity index (χ4v) is 2.74. The highest BCUT2D eigenvalue weighted by Crippen LogP contribution is 2.24. The van der Waals surface area contributed by atoms with E-state index in [0.717, 1.165) is 28.9 Å². The highest BCUT2D eigenvalue weighted by Gasteiger charge is 2.11. The largest absolute Gasteiger partial charge is 0.339 e. The van der Waals surface area contributed by atoms with Crippen molar-refractivity contribution in [2.45, 2.75) is 27.2 Å². The number of nitrogens with zero attached hydrogens (tertiary/aromatic N) is 2. The first-order valence-electron chi connectivity index (χ1n) is 8.63. The number of aromatic nitrogens is 2. The van der Waals surface area contributed by atoms with Crippen molar-refractivity contribution in [3.63, 3.8) is 0 Å². The van der Waals surface area contributed by atoms with Crippen molar-refractivity contribution in [3.05, 3.63) is 77.2 Å². The first kappa shape index (κ1) is 17.6. The van der Waals surface area contributed by atoms with Gasteiger partial charge in [0.05, 0.1) is 12.4 Å². The second kappa shape index (κ2) is 7.78. The minimum absolute atomic E-state index is 0.275. The van der Waals surface area contributed by atoms with E-state index in [9.17, 15) is 4.79 Å². The third-order valence-electron chi connectivity index (χ3n) is 4.27. The van der Waals surface area contributed by atoms with Gasteiger partial charge in [-0.1, -0.05) is 43.3 Å². The van der Waals surface area contributed by atoms with Crippen molar-refractivity contribution in [2.75, 3.05) is 10.6 Å². The van der Waals surface area contributed by atoms with E-state index in [1.165, 1.54) is 11.8 Å². The summed E-state index contributed by atoms with van der Waals surface area (Å²) in [6.45, 7) is 6.12. The van der Waals surface area contributed by atoms with Gasteiger partial charge in [0.2, 0.25) is 0 Å². The molecule has 132 valence electrons. The number of hydrogen-bond acceptors (Lipinski definition) is 4. The van der Waals surface area contributed by atoms with Crippen LogP contribution in [0.5, 0.6) is 0 Å². The summed E-state index contributed by atoms with van der Waals surface area (Å²) in [4.78, 5) is 20.9. The van der Waals surface area contributed by atoms with Crippen LogP contribution < -0.4 is 10.6 Å². The van der Waals surface area contributed by atoms with Gasteiger partial charge in [-0.25, -0.2) is 9.97 Å². The van der Waals surface area contributed by atoms with E-state index in [1.54, 1.807) is 6.20 Å². The molecule has 1 aromatic heterocycles. The number of amides is 1. The Labute approximate surface area is 153 Å². The Kier molecular flexibility index (Phi) is 5.27. The molecule has 0 atom stereocenters. The summed E-state index contributed by atoms with van der Waals surface area (Å²) in [5.74, 6) is 0.338. The van der Waals surface area contributed by atoms with E-state index < -0.39 is 0 Å². The number of aryl methyl sites for hydroxylation is 3. The van der Waals surface area contributed by atoms with Gasteiger partial charge < -0.3 is 10.6 Å². The number of benzene rings is 2. The topological polar surface area (TPSA) is 66.9 Å². The maximum atomic E-state index is 12.4. The maximum Gasteiger partial charge on any atom is 0.275 e. The molecular weight excluding hydrogens is 324 g/mol. The van der Waals surface area contributed by atoms with Gasteiger partial charge in [-0.3, -0.25) is 4.79 Å². The molecule has 2 aromatic carbocycles. The lowest BCUT2D eigenvalue weighted by molar-refractivity contribution is 0.102. The van der Waals surface area contributed by atoms with Crippen molar-refractivity contribution in [1.82, 2.24) is 9.97 Å². The van der Waals surface area contributed by atoms with Gasteiger partial charge in [0.1, 0.15) is 11.5 Å². The van der Waals surface area contributed by atoms with Crippen LogP contribution in [0.4, 0.5) is 17.2 Å². The first-order valence-corrected chi connectivity index (χ1v) is 8.63. The number of anilines is 3. The van der Waals surface area contributed by atoms with Gasteiger partial charge in [-0.15, -0.1) is 0 Å². The summed E-state index contributed by atoms with van der Waals surface area (Å²) in [7, 11) is 0. The van der Waals surface area contributed by atoms with Gasteiger partial charge >= 0.3 is 0 Å². The first-order chi connectivity index (χ1) is 12.6. The Morgan fingerprint density at radius 3 is 2.42 bits per heavy atom. The molecule has 0 unspecified atom stereocenters. The molecule has 0 saturated heterocycles. The predicted molar refractivity (Wildman–Crippen MR) is 105 cm³/mol. The van der Waals surface area contributed by atoms with Crippen LogP contribution in [0.3, 0.4) is 0 Å². The van der Waals surface area contributed by atoms with E-state index >= 15 is 0 Å². The van der Waals surface area contributed by atoms with E-state index in [-0.39, 0.29) is 11.6 Å². The summed E-state index contributed by atoms with van der Waals surface area (Å²) in [6.07, 6.45) is 3.99. The zero-order chi connectivity index (χ0) is 18.5.